The molecule has 1 aromatic rings. The molecular formula is C12H17ClFN. The minimum absolute atomic E-state index is 0.280. The lowest BCUT2D eigenvalue weighted by atomic mass is 10.1. The van der Waals surface area contributed by atoms with Crippen molar-refractivity contribution in [3.05, 3.63) is 34.6 Å². The molecule has 1 atom stereocenters. The summed E-state index contributed by atoms with van der Waals surface area (Å²) in [5.41, 5.74) is 0.995. The van der Waals surface area contributed by atoms with Crippen LogP contribution in [0.3, 0.4) is 0 Å². The Hall–Kier alpha value is -0.600. The summed E-state index contributed by atoms with van der Waals surface area (Å²) < 4.78 is 12.8. The van der Waals surface area contributed by atoms with Gasteiger partial charge in [0.1, 0.15) is 5.82 Å². The molecule has 0 aliphatic heterocycles. The van der Waals surface area contributed by atoms with Crippen LogP contribution in [0.15, 0.2) is 18.2 Å². The number of benzene rings is 1. The molecule has 0 amide bonds. The Bertz CT molecular complexity index is 314. The average molecular weight is 230 g/mol. The smallest absolute Gasteiger partial charge is 0.124 e. The highest BCUT2D eigenvalue weighted by Gasteiger charge is 2.06. The largest absolute Gasteiger partial charge is 0.314 e. The fourth-order valence-corrected chi connectivity index (χ4v) is 1.72. The SMILES string of the molecule is CCCNC(C)Cc1ccc(F)cc1Cl. The van der Waals surface area contributed by atoms with Crippen molar-refractivity contribution in [1.82, 2.24) is 5.32 Å². The lowest BCUT2D eigenvalue weighted by molar-refractivity contribution is 0.543. The average Bonchev–Trinajstić information content (AvgIpc) is 2.19. The number of halogens is 2. The molecule has 0 heterocycles. The summed E-state index contributed by atoms with van der Waals surface area (Å²) in [6.45, 7) is 5.24. The van der Waals surface area contributed by atoms with E-state index in [0.29, 0.717) is 11.1 Å². The van der Waals surface area contributed by atoms with Gasteiger partial charge in [-0.15, -0.1) is 0 Å². The van der Waals surface area contributed by atoms with E-state index in [-0.39, 0.29) is 5.82 Å². The Kier molecular flexibility index (Phi) is 5.06. The van der Waals surface area contributed by atoms with Gasteiger partial charge in [-0.25, -0.2) is 4.39 Å². The van der Waals surface area contributed by atoms with Crippen LogP contribution in [0, 0.1) is 5.82 Å². The van der Waals surface area contributed by atoms with Gasteiger partial charge < -0.3 is 5.32 Å². The summed E-state index contributed by atoms with van der Waals surface area (Å²) in [5, 5.41) is 3.88. The van der Waals surface area contributed by atoms with Gasteiger partial charge in [0.05, 0.1) is 0 Å². The Balaban J connectivity index is 2.56. The lowest BCUT2D eigenvalue weighted by Gasteiger charge is -2.13. The molecule has 0 radical (unpaired) electrons. The third-order valence-electron chi connectivity index (χ3n) is 2.28. The molecule has 1 aromatic carbocycles. The summed E-state index contributed by atoms with van der Waals surface area (Å²) in [5.74, 6) is -0.280. The minimum Gasteiger partial charge on any atom is -0.314 e. The van der Waals surface area contributed by atoms with E-state index in [0.717, 1.165) is 24.9 Å². The summed E-state index contributed by atoms with van der Waals surface area (Å²) in [6.07, 6.45) is 1.95. The van der Waals surface area contributed by atoms with Crippen LogP contribution in [0.1, 0.15) is 25.8 Å². The monoisotopic (exact) mass is 229 g/mol. The second-order valence-electron chi connectivity index (χ2n) is 3.80. The fraction of sp³-hybridized carbons (Fsp3) is 0.500. The fourth-order valence-electron chi connectivity index (χ4n) is 1.48. The maximum atomic E-state index is 12.8. The van der Waals surface area contributed by atoms with Crippen LogP contribution in [0.25, 0.3) is 0 Å². The van der Waals surface area contributed by atoms with Crippen LogP contribution >= 0.6 is 11.6 Å². The van der Waals surface area contributed by atoms with E-state index >= 15 is 0 Å². The van der Waals surface area contributed by atoms with E-state index in [1.165, 1.54) is 12.1 Å². The molecule has 1 nitrogen and oxygen atoms in total. The van der Waals surface area contributed by atoms with Crippen molar-refractivity contribution in [2.45, 2.75) is 32.7 Å². The van der Waals surface area contributed by atoms with E-state index in [1.807, 2.05) is 0 Å². The van der Waals surface area contributed by atoms with E-state index in [1.54, 1.807) is 6.07 Å². The van der Waals surface area contributed by atoms with Crippen LogP contribution in [0.5, 0.6) is 0 Å². The molecule has 0 bridgehead atoms. The summed E-state index contributed by atoms with van der Waals surface area (Å²) in [6, 6.07) is 4.94. The van der Waals surface area contributed by atoms with Gasteiger partial charge in [-0.2, -0.15) is 0 Å². The Morgan fingerprint density at radius 2 is 2.20 bits per heavy atom. The predicted octanol–water partition coefficient (Wildman–Crippen LogP) is 3.41. The van der Waals surface area contributed by atoms with Crippen molar-refractivity contribution < 1.29 is 4.39 Å². The molecule has 1 unspecified atom stereocenters. The first-order valence-electron chi connectivity index (χ1n) is 5.30. The van der Waals surface area contributed by atoms with Gasteiger partial charge in [0, 0.05) is 11.1 Å². The van der Waals surface area contributed by atoms with Crippen LogP contribution in [-0.4, -0.2) is 12.6 Å². The molecule has 0 saturated heterocycles. The van der Waals surface area contributed by atoms with Crippen LogP contribution in [-0.2, 0) is 6.42 Å². The Morgan fingerprint density at radius 1 is 1.47 bits per heavy atom. The molecule has 1 rings (SSSR count). The highest BCUT2D eigenvalue weighted by atomic mass is 35.5. The normalized spacial score (nSPS) is 12.8. The molecule has 3 heteroatoms. The van der Waals surface area contributed by atoms with Crippen molar-refractivity contribution in [3.8, 4) is 0 Å². The van der Waals surface area contributed by atoms with E-state index in [2.05, 4.69) is 19.2 Å². The van der Waals surface area contributed by atoms with Crippen LogP contribution in [0.4, 0.5) is 4.39 Å². The first kappa shape index (κ1) is 12.5. The minimum atomic E-state index is -0.280. The second kappa shape index (κ2) is 6.09. The van der Waals surface area contributed by atoms with Gasteiger partial charge in [-0.1, -0.05) is 24.6 Å². The molecule has 1 N–H and O–H groups in total. The second-order valence-corrected chi connectivity index (χ2v) is 4.20. The van der Waals surface area contributed by atoms with E-state index < -0.39 is 0 Å². The topological polar surface area (TPSA) is 12.0 Å². The molecule has 0 spiro atoms. The third-order valence-corrected chi connectivity index (χ3v) is 2.64. The number of rotatable bonds is 5. The molecule has 15 heavy (non-hydrogen) atoms. The van der Waals surface area contributed by atoms with Crippen molar-refractivity contribution in [1.29, 1.82) is 0 Å². The van der Waals surface area contributed by atoms with Gasteiger partial charge in [-0.3, -0.25) is 0 Å². The predicted molar refractivity (Wildman–Crippen MR) is 62.9 cm³/mol. The summed E-state index contributed by atoms with van der Waals surface area (Å²) >= 11 is 5.94. The molecule has 0 aliphatic carbocycles. The highest BCUT2D eigenvalue weighted by Crippen LogP contribution is 2.18. The van der Waals surface area contributed by atoms with Gasteiger partial charge in [0.2, 0.25) is 0 Å². The Labute approximate surface area is 95.6 Å². The van der Waals surface area contributed by atoms with Crippen LogP contribution in [0.2, 0.25) is 5.02 Å². The molecule has 0 fully saturated rings. The van der Waals surface area contributed by atoms with Crippen molar-refractivity contribution in [2.75, 3.05) is 6.54 Å². The first-order valence-corrected chi connectivity index (χ1v) is 5.68. The summed E-state index contributed by atoms with van der Waals surface area (Å²) in [7, 11) is 0. The van der Waals surface area contributed by atoms with E-state index in [4.69, 9.17) is 11.6 Å². The van der Waals surface area contributed by atoms with E-state index in [9.17, 15) is 4.39 Å². The molecular weight excluding hydrogens is 213 g/mol. The van der Waals surface area contributed by atoms with Crippen molar-refractivity contribution >= 4 is 11.6 Å². The van der Waals surface area contributed by atoms with Gasteiger partial charge in [0.25, 0.3) is 0 Å². The van der Waals surface area contributed by atoms with Crippen LogP contribution < -0.4 is 5.32 Å². The number of hydrogen-bond acceptors (Lipinski definition) is 1. The lowest BCUT2D eigenvalue weighted by Crippen LogP contribution is -2.28. The Morgan fingerprint density at radius 3 is 2.80 bits per heavy atom. The standard InChI is InChI=1S/C12H17ClFN/c1-3-6-15-9(2)7-10-4-5-11(14)8-12(10)13/h4-5,8-9,15H,3,6-7H2,1-2H3. The summed E-state index contributed by atoms with van der Waals surface area (Å²) in [4.78, 5) is 0. The molecule has 0 aromatic heterocycles. The molecule has 84 valence electrons. The zero-order valence-electron chi connectivity index (χ0n) is 9.19. The third kappa shape index (κ3) is 4.18. The first-order chi connectivity index (χ1) is 7.13. The zero-order chi connectivity index (χ0) is 11.3. The molecule has 0 saturated carbocycles. The van der Waals surface area contributed by atoms with Crippen molar-refractivity contribution in [2.24, 2.45) is 0 Å². The number of hydrogen-bond donors (Lipinski definition) is 1. The maximum absolute atomic E-state index is 12.8. The number of nitrogens with one attached hydrogen (secondary N) is 1. The zero-order valence-corrected chi connectivity index (χ0v) is 9.94. The molecule has 0 aliphatic rings. The quantitative estimate of drug-likeness (QED) is 0.816. The van der Waals surface area contributed by atoms with Gasteiger partial charge in [-0.05, 0) is 44.0 Å². The van der Waals surface area contributed by atoms with Gasteiger partial charge in [0.15, 0.2) is 0 Å². The van der Waals surface area contributed by atoms with Gasteiger partial charge >= 0.3 is 0 Å². The maximum Gasteiger partial charge on any atom is 0.124 e. The van der Waals surface area contributed by atoms with Crippen molar-refractivity contribution in [3.63, 3.8) is 0 Å². The highest BCUT2D eigenvalue weighted by molar-refractivity contribution is 6.31.